The largest absolute Gasteiger partial charge is 0.481 e. The Morgan fingerprint density at radius 3 is 3.00 bits per heavy atom. The van der Waals surface area contributed by atoms with E-state index in [1.807, 2.05) is 6.92 Å². The van der Waals surface area contributed by atoms with Crippen molar-refractivity contribution in [1.29, 1.82) is 0 Å². The molecule has 1 unspecified atom stereocenters. The molecule has 8 heteroatoms. The van der Waals surface area contributed by atoms with Crippen molar-refractivity contribution < 1.29 is 9.53 Å². The molecule has 1 aliphatic heterocycles. The van der Waals surface area contributed by atoms with E-state index in [2.05, 4.69) is 20.7 Å². The lowest BCUT2D eigenvalue weighted by Gasteiger charge is -2.19. The SMILES string of the molecule is CCCNC(=O)C1=CNC(n2[nH]cc(-c3ccnc(OC)c3)c2=O)C=C1. The molecule has 2 aromatic rings. The van der Waals surface area contributed by atoms with Gasteiger partial charge in [0.15, 0.2) is 0 Å². The predicted octanol–water partition coefficient (Wildman–Crippen LogP) is 1.32. The lowest BCUT2D eigenvalue weighted by atomic mass is 10.1. The number of amides is 1. The molecule has 2 aromatic heterocycles. The van der Waals surface area contributed by atoms with Gasteiger partial charge in [-0.15, -0.1) is 0 Å². The molecule has 0 radical (unpaired) electrons. The summed E-state index contributed by atoms with van der Waals surface area (Å²) in [7, 11) is 1.53. The summed E-state index contributed by atoms with van der Waals surface area (Å²) in [5, 5.41) is 8.83. The van der Waals surface area contributed by atoms with E-state index in [4.69, 9.17) is 4.74 Å². The Morgan fingerprint density at radius 2 is 2.31 bits per heavy atom. The smallest absolute Gasteiger partial charge is 0.276 e. The van der Waals surface area contributed by atoms with E-state index in [0.29, 0.717) is 29.1 Å². The van der Waals surface area contributed by atoms with E-state index in [-0.39, 0.29) is 11.5 Å². The molecule has 3 N–H and O–H groups in total. The summed E-state index contributed by atoms with van der Waals surface area (Å²) in [6, 6.07) is 3.45. The maximum Gasteiger partial charge on any atom is 0.276 e. The molecule has 0 bridgehead atoms. The first-order valence-corrected chi connectivity index (χ1v) is 8.37. The lowest BCUT2D eigenvalue weighted by molar-refractivity contribution is -0.117. The third kappa shape index (κ3) is 3.53. The molecule has 1 amide bonds. The fourth-order valence-corrected chi connectivity index (χ4v) is 2.60. The Hall–Kier alpha value is -3.29. The van der Waals surface area contributed by atoms with Crippen molar-refractivity contribution in [3.63, 3.8) is 0 Å². The van der Waals surface area contributed by atoms with Crippen LogP contribution in [0.1, 0.15) is 19.5 Å². The monoisotopic (exact) mass is 355 g/mol. The third-order valence-electron chi connectivity index (χ3n) is 4.00. The summed E-state index contributed by atoms with van der Waals surface area (Å²) in [5.41, 5.74) is 1.56. The van der Waals surface area contributed by atoms with Crippen LogP contribution in [-0.4, -0.2) is 34.3 Å². The maximum atomic E-state index is 12.7. The van der Waals surface area contributed by atoms with Gasteiger partial charge in [-0.25, -0.2) is 9.67 Å². The number of rotatable bonds is 6. The Bertz CT molecular complexity index is 910. The quantitative estimate of drug-likeness (QED) is 0.725. The van der Waals surface area contributed by atoms with Crippen molar-refractivity contribution >= 4 is 5.91 Å². The number of hydrogen-bond donors (Lipinski definition) is 3. The van der Waals surface area contributed by atoms with E-state index in [0.717, 1.165) is 6.42 Å². The van der Waals surface area contributed by atoms with Crippen LogP contribution in [0.3, 0.4) is 0 Å². The van der Waals surface area contributed by atoms with Crippen molar-refractivity contribution in [2.24, 2.45) is 0 Å². The number of ether oxygens (including phenoxy) is 1. The molecule has 8 nitrogen and oxygen atoms in total. The van der Waals surface area contributed by atoms with Crippen LogP contribution in [0.4, 0.5) is 0 Å². The third-order valence-corrected chi connectivity index (χ3v) is 4.00. The van der Waals surface area contributed by atoms with Gasteiger partial charge in [-0.3, -0.25) is 14.7 Å². The van der Waals surface area contributed by atoms with Gasteiger partial charge in [-0.1, -0.05) is 6.92 Å². The van der Waals surface area contributed by atoms with Gasteiger partial charge in [-0.2, -0.15) is 0 Å². The van der Waals surface area contributed by atoms with Crippen molar-refractivity contribution in [3.8, 4) is 17.0 Å². The molecule has 0 saturated carbocycles. The number of nitrogens with zero attached hydrogens (tertiary/aromatic N) is 2. The molecule has 0 saturated heterocycles. The van der Waals surface area contributed by atoms with Crippen molar-refractivity contribution in [2.45, 2.75) is 19.5 Å². The lowest BCUT2D eigenvalue weighted by Crippen LogP contribution is -2.33. The van der Waals surface area contributed by atoms with Crippen LogP contribution < -0.4 is 20.9 Å². The molecule has 1 aliphatic rings. The fraction of sp³-hybridized carbons (Fsp3) is 0.278. The summed E-state index contributed by atoms with van der Waals surface area (Å²) in [5.74, 6) is 0.299. The van der Waals surface area contributed by atoms with E-state index >= 15 is 0 Å². The van der Waals surface area contributed by atoms with E-state index in [1.165, 1.54) is 11.8 Å². The van der Waals surface area contributed by atoms with Crippen LogP contribution >= 0.6 is 0 Å². The number of nitrogens with one attached hydrogen (secondary N) is 3. The highest BCUT2D eigenvalue weighted by molar-refractivity contribution is 5.96. The highest BCUT2D eigenvalue weighted by Gasteiger charge is 2.18. The second-order valence-corrected chi connectivity index (χ2v) is 5.78. The molecule has 3 rings (SSSR count). The number of aromatic amines is 1. The van der Waals surface area contributed by atoms with Gasteiger partial charge in [0.25, 0.3) is 11.5 Å². The van der Waals surface area contributed by atoms with E-state index in [9.17, 15) is 9.59 Å². The van der Waals surface area contributed by atoms with Crippen LogP contribution in [0.2, 0.25) is 0 Å². The number of H-pyrrole nitrogens is 1. The number of aromatic nitrogens is 3. The Labute approximate surface area is 150 Å². The first-order chi connectivity index (χ1) is 12.6. The second-order valence-electron chi connectivity index (χ2n) is 5.78. The van der Waals surface area contributed by atoms with Gasteiger partial charge in [0.1, 0.15) is 6.17 Å². The average Bonchev–Trinajstić information content (AvgIpc) is 3.07. The van der Waals surface area contributed by atoms with Crippen molar-refractivity contribution in [3.05, 3.63) is 58.8 Å². The Morgan fingerprint density at radius 1 is 1.46 bits per heavy atom. The number of hydrogen-bond acceptors (Lipinski definition) is 5. The van der Waals surface area contributed by atoms with Gasteiger partial charge in [0.05, 0.1) is 18.2 Å². The number of methoxy groups -OCH3 is 1. The molecule has 1 atom stereocenters. The minimum atomic E-state index is -0.400. The van der Waals surface area contributed by atoms with Crippen molar-refractivity contribution in [2.75, 3.05) is 13.7 Å². The highest BCUT2D eigenvalue weighted by Crippen LogP contribution is 2.19. The molecule has 0 aromatic carbocycles. The normalized spacial score (nSPS) is 15.9. The highest BCUT2D eigenvalue weighted by atomic mass is 16.5. The van der Waals surface area contributed by atoms with Gasteiger partial charge in [-0.05, 0) is 30.2 Å². The summed E-state index contributed by atoms with van der Waals surface area (Å²) in [6.45, 7) is 2.62. The summed E-state index contributed by atoms with van der Waals surface area (Å²) in [4.78, 5) is 28.7. The number of dihydropyridines is 1. The zero-order valence-corrected chi connectivity index (χ0v) is 14.7. The Balaban J connectivity index is 1.77. The number of pyridine rings is 1. The van der Waals surface area contributed by atoms with Crippen LogP contribution in [-0.2, 0) is 4.79 Å². The zero-order chi connectivity index (χ0) is 18.5. The summed E-state index contributed by atoms with van der Waals surface area (Å²) >= 11 is 0. The predicted molar refractivity (Wildman–Crippen MR) is 97.5 cm³/mol. The van der Waals surface area contributed by atoms with Gasteiger partial charge < -0.3 is 15.4 Å². The first-order valence-electron chi connectivity index (χ1n) is 8.37. The number of carbonyl (C=O) groups is 1. The molecule has 3 heterocycles. The molecule has 0 spiro atoms. The minimum Gasteiger partial charge on any atom is -0.481 e. The van der Waals surface area contributed by atoms with Crippen LogP contribution in [0.25, 0.3) is 11.1 Å². The molecule has 26 heavy (non-hydrogen) atoms. The maximum absolute atomic E-state index is 12.7. The average molecular weight is 355 g/mol. The van der Waals surface area contributed by atoms with Gasteiger partial charge >= 0.3 is 0 Å². The minimum absolute atomic E-state index is 0.141. The van der Waals surface area contributed by atoms with E-state index < -0.39 is 6.17 Å². The molecular weight excluding hydrogens is 334 g/mol. The van der Waals surface area contributed by atoms with Gasteiger partial charge in [0.2, 0.25) is 5.88 Å². The molecule has 0 aliphatic carbocycles. The van der Waals surface area contributed by atoms with Crippen LogP contribution in [0.15, 0.2) is 53.2 Å². The fourth-order valence-electron chi connectivity index (χ4n) is 2.60. The van der Waals surface area contributed by atoms with Crippen molar-refractivity contribution in [1.82, 2.24) is 25.4 Å². The van der Waals surface area contributed by atoms with Crippen LogP contribution in [0, 0.1) is 0 Å². The first kappa shape index (κ1) is 17.5. The Kier molecular flexibility index (Phi) is 5.21. The molecular formula is C18H21N5O3. The van der Waals surface area contributed by atoms with E-state index in [1.54, 1.807) is 42.9 Å². The summed E-state index contributed by atoms with van der Waals surface area (Å²) < 4.78 is 6.56. The summed E-state index contributed by atoms with van der Waals surface area (Å²) in [6.07, 6.45) is 8.78. The van der Waals surface area contributed by atoms with Gasteiger partial charge in [0, 0.05) is 31.2 Å². The van der Waals surface area contributed by atoms with Crippen LogP contribution in [0.5, 0.6) is 5.88 Å². The molecule has 136 valence electrons. The second kappa shape index (κ2) is 7.73. The standard InChI is InChI=1S/C18H21N5O3/c1-3-7-20-17(24)13-4-5-15(21-10-13)23-18(25)14(11-22-23)12-6-8-19-16(9-12)26-2/h4-6,8-11,15,21-22H,3,7H2,1-2H3,(H,20,24). The number of carbonyl (C=O) groups excluding carboxylic acids is 1. The zero-order valence-electron chi connectivity index (χ0n) is 14.7. The topological polar surface area (TPSA) is 101 Å². The molecule has 0 fully saturated rings.